The third-order valence-electron chi connectivity index (χ3n) is 5.53. The van der Waals surface area contributed by atoms with Crippen molar-refractivity contribution in [2.45, 2.75) is 26.6 Å². The molecule has 186 valence electrons. The Morgan fingerprint density at radius 3 is 2.51 bits per heavy atom. The minimum Gasteiger partial charge on any atom is -0.397 e. The standard InChI is InChI=1S/C24H28F3N7O/c1-14-5-6-17(9-22(14)34(29)13-21(28)20-12-31-33(4)15(20)2)23(35)32-19-8-16(11-30-3)7-18(10-19)24(25,26)27/h5-10,12-13,30H,11,28-29H2,1-4H3,(H,32,35)/b21-13-. The topological polar surface area (TPSA) is 114 Å². The van der Waals surface area contributed by atoms with Gasteiger partial charge in [0.05, 0.1) is 23.1 Å². The van der Waals surface area contributed by atoms with Gasteiger partial charge in [-0.3, -0.25) is 14.5 Å². The zero-order valence-electron chi connectivity index (χ0n) is 19.9. The first-order valence-electron chi connectivity index (χ1n) is 10.7. The summed E-state index contributed by atoms with van der Waals surface area (Å²) < 4.78 is 41.6. The van der Waals surface area contributed by atoms with Gasteiger partial charge in [0.1, 0.15) is 0 Å². The van der Waals surface area contributed by atoms with Crippen molar-refractivity contribution in [1.29, 1.82) is 0 Å². The summed E-state index contributed by atoms with van der Waals surface area (Å²) in [5.41, 5.74) is 9.23. The van der Waals surface area contributed by atoms with E-state index in [9.17, 15) is 18.0 Å². The quantitative estimate of drug-likeness (QED) is 0.299. The minimum atomic E-state index is -4.54. The summed E-state index contributed by atoms with van der Waals surface area (Å²) in [6.07, 6.45) is -1.40. The van der Waals surface area contributed by atoms with Crippen LogP contribution in [-0.2, 0) is 19.8 Å². The number of aryl methyl sites for hydroxylation is 2. The number of halogens is 3. The van der Waals surface area contributed by atoms with Crippen molar-refractivity contribution in [2.75, 3.05) is 17.4 Å². The molecule has 0 saturated carbocycles. The largest absolute Gasteiger partial charge is 0.416 e. The molecule has 3 rings (SSSR count). The zero-order valence-corrected chi connectivity index (χ0v) is 19.9. The number of carbonyl (C=O) groups excluding carboxylic acids is 1. The molecule has 0 spiro atoms. The number of nitrogens with two attached hydrogens (primary N) is 2. The molecule has 6 N–H and O–H groups in total. The van der Waals surface area contributed by atoms with Crippen molar-refractivity contribution in [2.24, 2.45) is 18.6 Å². The SMILES string of the molecule is CNCc1cc(NC(=O)c2ccc(C)c(N(N)/C=C(\N)c3cnn(C)c3C)c2)cc(C(F)(F)F)c1. The highest BCUT2D eigenvalue weighted by Gasteiger charge is 2.31. The number of carbonyl (C=O) groups is 1. The second-order valence-electron chi connectivity index (χ2n) is 8.16. The Morgan fingerprint density at radius 1 is 1.20 bits per heavy atom. The summed E-state index contributed by atoms with van der Waals surface area (Å²) in [6.45, 7) is 3.90. The van der Waals surface area contributed by atoms with Crippen LogP contribution in [0.15, 0.2) is 48.8 Å². The van der Waals surface area contributed by atoms with Crippen LogP contribution in [0.4, 0.5) is 24.5 Å². The number of anilines is 2. The van der Waals surface area contributed by atoms with E-state index in [2.05, 4.69) is 15.7 Å². The van der Waals surface area contributed by atoms with Crippen molar-refractivity contribution in [3.63, 3.8) is 0 Å². The Hall–Kier alpha value is -3.83. The lowest BCUT2D eigenvalue weighted by Gasteiger charge is -2.19. The van der Waals surface area contributed by atoms with E-state index in [1.807, 2.05) is 13.8 Å². The van der Waals surface area contributed by atoms with Crippen LogP contribution >= 0.6 is 0 Å². The third kappa shape index (κ3) is 6.00. The molecule has 0 radical (unpaired) electrons. The second kappa shape index (κ2) is 10.2. The highest BCUT2D eigenvalue weighted by Crippen LogP contribution is 2.32. The Kier molecular flexibility index (Phi) is 7.51. The predicted molar refractivity (Wildman–Crippen MR) is 130 cm³/mol. The molecule has 0 unspecified atom stereocenters. The van der Waals surface area contributed by atoms with E-state index in [4.69, 9.17) is 11.6 Å². The minimum absolute atomic E-state index is 0.0398. The van der Waals surface area contributed by atoms with Crippen molar-refractivity contribution < 1.29 is 18.0 Å². The molecule has 1 aromatic heterocycles. The van der Waals surface area contributed by atoms with Crippen LogP contribution < -0.4 is 27.2 Å². The van der Waals surface area contributed by atoms with E-state index in [1.54, 1.807) is 43.2 Å². The number of benzene rings is 2. The van der Waals surface area contributed by atoms with Gasteiger partial charge >= 0.3 is 6.18 Å². The number of rotatable bonds is 7. The maximum Gasteiger partial charge on any atom is 0.416 e. The first-order chi connectivity index (χ1) is 16.4. The van der Waals surface area contributed by atoms with E-state index in [1.165, 1.54) is 17.3 Å². The molecule has 0 saturated heterocycles. The van der Waals surface area contributed by atoms with Crippen LogP contribution in [0.3, 0.4) is 0 Å². The molecule has 1 amide bonds. The molecule has 11 heteroatoms. The molecule has 0 aliphatic carbocycles. The van der Waals surface area contributed by atoms with Crippen LogP contribution in [-0.4, -0.2) is 22.7 Å². The molecular formula is C24H28F3N7O. The van der Waals surface area contributed by atoms with Crippen LogP contribution in [0.5, 0.6) is 0 Å². The van der Waals surface area contributed by atoms with Gasteiger partial charge in [0.25, 0.3) is 5.91 Å². The first kappa shape index (κ1) is 25.8. The maximum atomic E-state index is 13.3. The Morgan fingerprint density at radius 2 is 1.91 bits per heavy atom. The fourth-order valence-electron chi connectivity index (χ4n) is 3.54. The van der Waals surface area contributed by atoms with Gasteiger partial charge in [-0.15, -0.1) is 0 Å². The van der Waals surface area contributed by atoms with E-state index < -0.39 is 17.6 Å². The van der Waals surface area contributed by atoms with Gasteiger partial charge < -0.3 is 16.4 Å². The van der Waals surface area contributed by atoms with Gasteiger partial charge in [0.2, 0.25) is 0 Å². The predicted octanol–water partition coefficient (Wildman–Crippen LogP) is 3.66. The lowest BCUT2D eigenvalue weighted by Crippen LogP contribution is -2.27. The van der Waals surface area contributed by atoms with Gasteiger partial charge in [-0.05, 0) is 62.4 Å². The third-order valence-corrected chi connectivity index (χ3v) is 5.53. The van der Waals surface area contributed by atoms with E-state index in [0.29, 0.717) is 16.9 Å². The average Bonchev–Trinajstić information content (AvgIpc) is 3.11. The van der Waals surface area contributed by atoms with Gasteiger partial charge in [-0.25, -0.2) is 5.84 Å². The highest BCUT2D eigenvalue weighted by molar-refractivity contribution is 6.05. The van der Waals surface area contributed by atoms with Crippen molar-refractivity contribution in [1.82, 2.24) is 15.1 Å². The lowest BCUT2D eigenvalue weighted by molar-refractivity contribution is -0.137. The lowest BCUT2D eigenvalue weighted by atomic mass is 10.1. The Balaban J connectivity index is 1.88. The molecule has 8 nitrogen and oxygen atoms in total. The van der Waals surface area contributed by atoms with Crippen molar-refractivity contribution in [3.8, 4) is 0 Å². The van der Waals surface area contributed by atoms with Gasteiger partial charge in [0.15, 0.2) is 0 Å². The summed E-state index contributed by atoms with van der Waals surface area (Å²) in [5.74, 6) is 5.64. The van der Waals surface area contributed by atoms with Crippen LogP contribution in [0.25, 0.3) is 5.70 Å². The van der Waals surface area contributed by atoms with Gasteiger partial charge in [0, 0.05) is 42.3 Å². The molecule has 2 aromatic carbocycles. The number of amides is 1. The summed E-state index contributed by atoms with van der Waals surface area (Å²) in [6, 6.07) is 8.26. The molecule has 35 heavy (non-hydrogen) atoms. The summed E-state index contributed by atoms with van der Waals surface area (Å²) in [4.78, 5) is 12.9. The van der Waals surface area contributed by atoms with E-state index >= 15 is 0 Å². The number of aromatic nitrogens is 2. The number of hydrogen-bond acceptors (Lipinski definition) is 6. The van der Waals surface area contributed by atoms with E-state index in [0.717, 1.165) is 29.0 Å². The molecule has 0 fully saturated rings. The number of hydrazine groups is 1. The monoisotopic (exact) mass is 487 g/mol. The molecule has 0 atom stereocenters. The normalized spacial score (nSPS) is 12.1. The smallest absolute Gasteiger partial charge is 0.397 e. The maximum absolute atomic E-state index is 13.3. The summed E-state index contributed by atoms with van der Waals surface area (Å²) in [5, 5.41) is 10.8. The van der Waals surface area contributed by atoms with Crippen molar-refractivity contribution >= 4 is 23.0 Å². The van der Waals surface area contributed by atoms with Gasteiger partial charge in [-0.2, -0.15) is 18.3 Å². The first-order valence-corrected chi connectivity index (χ1v) is 10.7. The fourth-order valence-corrected chi connectivity index (χ4v) is 3.54. The van der Waals surface area contributed by atoms with Crippen LogP contribution in [0, 0.1) is 13.8 Å². The highest BCUT2D eigenvalue weighted by atomic mass is 19.4. The molecule has 0 aliphatic rings. The molecule has 0 bridgehead atoms. The number of hydrogen-bond donors (Lipinski definition) is 4. The Labute approximate surface area is 201 Å². The van der Waals surface area contributed by atoms with Gasteiger partial charge in [-0.1, -0.05) is 6.07 Å². The Bertz CT molecular complexity index is 1260. The van der Waals surface area contributed by atoms with E-state index in [-0.39, 0.29) is 17.8 Å². The summed E-state index contributed by atoms with van der Waals surface area (Å²) in [7, 11) is 3.42. The van der Waals surface area contributed by atoms with Crippen LogP contribution in [0.1, 0.15) is 38.3 Å². The second-order valence-corrected chi connectivity index (χ2v) is 8.16. The number of nitrogens with zero attached hydrogens (tertiary/aromatic N) is 3. The fraction of sp³-hybridized carbons (Fsp3) is 0.250. The molecular weight excluding hydrogens is 459 g/mol. The average molecular weight is 488 g/mol. The summed E-state index contributed by atoms with van der Waals surface area (Å²) >= 11 is 0. The molecule has 0 aliphatic heterocycles. The zero-order chi connectivity index (χ0) is 25.9. The number of nitrogens with one attached hydrogen (secondary N) is 2. The van der Waals surface area contributed by atoms with Crippen molar-refractivity contribution in [3.05, 3.63) is 82.3 Å². The number of alkyl halides is 3. The van der Waals surface area contributed by atoms with Crippen LogP contribution in [0.2, 0.25) is 0 Å². The molecule has 1 heterocycles. The molecule has 3 aromatic rings.